The number of piperazine rings is 1. The van der Waals surface area contributed by atoms with E-state index >= 15 is 0 Å². The molecule has 0 aromatic heterocycles. The topological polar surface area (TPSA) is 32.3 Å². The molecule has 13 heavy (non-hydrogen) atoms. The van der Waals surface area contributed by atoms with Crippen molar-refractivity contribution >= 4 is 11.0 Å². The van der Waals surface area contributed by atoms with Gasteiger partial charge >= 0.3 is 0 Å². The molecule has 4 unspecified atom stereocenters. The summed E-state index contributed by atoms with van der Waals surface area (Å²) in [6.07, 6.45) is 3.60. The number of hydrogen-bond acceptors (Lipinski definition) is 2. The van der Waals surface area contributed by atoms with Crippen LogP contribution in [0.25, 0.3) is 0 Å². The van der Waals surface area contributed by atoms with Crippen LogP contribution < -0.4 is 5.32 Å². The highest BCUT2D eigenvalue weighted by molar-refractivity contribution is 7.82. The Morgan fingerprint density at radius 2 is 2.31 bits per heavy atom. The lowest BCUT2D eigenvalue weighted by molar-refractivity contribution is 0.231. The van der Waals surface area contributed by atoms with E-state index in [0.717, 1.165) is 25.3 Å². The molecule has 0 aromatic rings. The van der Waals surface area contributed by atoms with Crippen LogP contribution in [0.5, 0.6) is 0 Å². The Balaban J connectivity index is 2.07. The third-order valence-electron chi connectivity index (χ3n) is 2.98. The number of rotatable bonds is 0. The normalized spacial score (nSPS) is 46.5. The lowest BCUT2D eigenvalue weighted by Gasteiger charge is -2.39. The smallest absolute Gasteiger partial charge is 0.0946 e. The Hall–Kier alpha value is 0.0700. The van der Waals surface area contributed by atoms with E-state index in [9.17, 15) is 4.21 Å². The molecule has 4 atom stereocenters. The van der Waals surface area contributed by atoms with Crippen molar-refractivity contribution in [1.82, 2.24) is 9.62 Å². The second kappa shape index (κ2) is 4.07. The van der Waals surface area contributed by atoms with Gasteiger partial charge < -0.3 is 5.32 Å². The Morgan fingerprint density at radius 3 is 3.15 bits per heavy atom. The summed E-state index contributed by atoms with van der Waals surface area (Å²) in [5.41, 5.74) is 0. The van der Waals surface area contributed by atoms with Gasteiger partial charge in [0.25, 0.3) is 0 Å². The minimum Gasteiger partial charge on any atom is -0.311 e. The van der Waals surface area contributed by atoms with Crippen LogP contribution in [0, 0.1) is 0 Å². The van der Waals surface area contributed by atoms with Crippen molar-refractivity contribution in [3.63, 3.8) is 0 Å². The first-order chi connectivity index (χ1) is 6.27. The molecule has 2 saturated heterocycles. The molecule has 0 saturated carbocycles. The zero-order valence-corrected chi connectivity index (χ0v) is 8.98. The second-order valence-corrected chi connectivity index (χ2v) is 5.60. The second-order valence-electron chi connectivity index (χ2n) is 4.08. The van der Waals surface area contributed by atoms with Gasteiger partial charge in [0.2, 0.25) is 0 Å². The highest BCUT2D eigenvalue weighted by atomic mass is 32.2. The standard InChI is InChI=1S/C9H18N2OS/c1-8-6-10-9-4-2-3-5-13(12)11(8)7-9/h8-10H,2-7H2,1H3. The van der Waals surface area contributed by atoms with Gasteiger partial charge in [-0.15, -0.1) is 0 Å². The maximum Gasteiger partial charge on any atom is 0.0946 e. The fraction of sp³-hybridized carbons (Fsp3) is 1.00. The van der Waals surface area contributed by atoms with E-state index in [1.54, 1.807) is 0 Å². The first kappa shape index (κ1) is 9.62. The first-order valence-electron chi connectivity index (χ1n) is 5.16. The van der Waals surface area contributed by atoms with E-state index in [4.69, 9.17) is 0 Å². The molecular formula is C9H18N2OS. The van der Waals surface area contributed by atoms with Crippen molar-refractivity contribution in [2.24, 2.45) is 0 Å². The van der Waals surface area contributed by atoms with E-state index in [0.29, 0.717) is 12.1 Å². The molecule has 0 spiro atoms. The monoisotopic (exact) mass is 202 g/mol. The van der Waals surface area contributed by atoms with Crippen LogP contribution in [0.4, 0.5) is 0 Å². The fourth-order valence-corrected chi connectivity index (χ4v) is 3.62. The Morgan fingerprint density at radius 1 is 1.46 bits per heavy atom. The van der Waals surface area contributed by atoms with Crippen molar-refractivity contribution in [1.29, 1.82) is 0 Å². The van der Waals surface area contributed by atoms with Crippen molar-refractivity contribution in [2.45, 2.75) is 38.3 Å². The maximum atomic E-state index is 11.8. The maximum absolute atomic E-state index is 11.8. The third-order valence-corrected chi connectivity index (χ3v) is 4.65. The van der Waals surface area contributed by atoms with E-state index < -0.39 is 11.0 Å². The van der Waals surface area contributed by atoms with E-state index in [1.165, 1.54) is 12.8 Å². The van der Waals surface area contributed by atoms with Crippen molar-refractivity contribution in [3.8, 4) is 0 Å². The molecule has 2 heterocycles. The molecular weight excluding hydrogens is 184 g/mol. The van der Waals surface area contributed by atoms with Crippen LogP contribution in [0.15, 0.2) is 0 Å². The van der Waals surface area contributed by atoms with E-state index in [-0.39, 0.29) is 0 Å². The molecule has 2 bridgehead atoms. The molecule has 0 aromatic carbocycles. The van der Waals surface area contributed by atoms with Crippen molar-refractivity contribution in [3.05, 3.63) is 0 Å². The number of hydrogen-bond donors (Lipinski definition) is 1. The predicted octanol–water partition coefficient (Wildman–Crippen LogP) is 0.496. The van der Waals surface area contributed by atoms with Gasteiger partial charge in [0, 0.05) is 30.9 Å². The van der Waals surface area contributed by atoms with Crippen LogP contribution in [0.3, 0.4) is 0 Å². The SMILES string of the molecule is CC1CNC2CCCCS(=O)N1C2. The zero-order valence-electron chi connectivity index (χ0n) is 8.16. The van der Waals surface area contributed by atoms with Crippen LogP contribution in [-0.4, -0.2) is 39.4 Å². The molecule has 2 fully saturated rings. The lowest BCUT2D eigenvalue weighted by atomic mass is 10.1. The third kappa shape index (κ3) is 2.11. The summed E-state index contributed by atoms with van der Waals surface area (Å²) >= 11 is 0. The van der Waals surface area contributed by atoms with Crippen LogP contribution in [-0.2, 0) is 11.0 Å². The number of fused-ring (bicyclic) bond motifs is 2. The molecule has 4 heteroatoms. The Kier molecular flexibility index (Phi) is 3.01. The van der Waals surface area contributed by atoms with Crippen LogP contribution >= 0.6 is 0 Å². The Bertz CT molecular complexity index is 208. The summed E-state index contributed by atoms with van der Waals surface area (Å²) in [4.78, 5) is 0. The van der Waals surface area contributed by atoms with Gasteiger partial charge in [0.05, 0.1) is 11.0 Å². The molecule has 0 aliphatic carbocycles. The zero-order chi connectivity index (χ0) is 9.26. The number of nitrogens with one attached hydrogen (secondary N) is 1. The molecule has 2 aliphatic rings. The summed E-state index contributed by atoms with van der Waals surface area (Å²) in [7, 11) is -0.713. The average Bonchev–Trinajstić information content (AvgIpc) is 2.11. The molecule has 2 rings (SSSR count). The quantitative estimate of drug-likeness (QED) is 0.620. The number of nitrogens with zero attached hydrogens (tertiary/aromatic N) is 1. The molecule has 1 N–H and O–H groups in total. The average molecular weight is 202 g/mol. The summed E-state index contributed by atoms with van der Waals surface area (Å²) in [5.74, 6) is 0.872. The summed E-state index contributed by atoms with van der Waals surface area (Å²) in [6.45, 7) is 4.13. The van der Waals surface area contributed by atoms with Crippen molar-refractivity contribution < 1.29 is 4.21 Å². The van der Waals surface area contributed by atoms with E-state index in [2.05, 4.69) is 16.5 Å². The fourth-order valence-electron chi connectivity index (χ4n) is 2.11. The molecule has 2 aliphatic heterocycles. The van der Waals surface area contributed by atoms with E-state index in [1.807, 2.05) is 0 Å². The predicted molar refractivity (Wildman–Crippen MR) is 54.8 cm³/mol. The van der Waals surface area contributed by atoms with Crippen LogP contribution in [0.1, 0.15) is 26.2 Å². The van der Waals surface area contributed by atoms with Gasteiger partial charge in [-0.2, -0.15) is 0 Å². The van der Waals surface area contributed by atoms with Gasteiger partial charge in [0.15, 0.2) is 0 Å². The lowest BCUT2D eigenvalue weighted by Crippen LogP contribution is -2.56. The summed E-state index contributed by atoms with van der Waals surface area (Å²) in [5, 5.41) is 3.51. The summed E-state index contributed by atoms with van der Waals surface area (Å²) < 4.78 is 14.0. The highest BCUT2D eigenvalue weighted by Crippen LogP contribution is 2.17. The minimum atomic E-state index is -0.713. The highest BCUT2D eigenvalue weighted by Gasteiger charge is 2.29. The molecule has 76 valence electrons. The largest absolute Gasteiger partial charge is 0.311 e. The van der Waals surface area contributed by atoms with Gasteiger partial charge in [-0.05, 0) is 19.8 Å². The molecule has 3 nitrogen and oxygen atoms in total. The first-order valence-corrected chi connectivity index (χ1v) is 6.43. The van der Waals surface area contributed by atoms with Crippen LogP contribution in [0.2, 0.25) is 0 Å². The summed E-state index contributed by atoms with van der Waals surface area (Å²) in [6, 6.07) is 1.02. The van der Waals surface area contributed by atoms with Gasteiger partial charge in [-0.25, -0.2) is 8.51 Å². The minimum absolute atomic E-state index is 0.440. The molecule has 0 amide bonds. The van der Waals surface area contributed by atoms with Gasteiger partial charge in [0.1, 0.15) is 0 Å². The molecule has 0 radical (unpaired) electrons. The van der Waals surface area contributed by atoms with Gasteiger partial charge in [-0.1, -0.05) is 6.42 Å². The Labute approximate surface area is 82.5 Å². The van der Waals surface area contributed by atoms with Crippen molar-refractivity contribution in [2.75, 3.05) is 18.8 Å². The van der Waals surface area contributed by atoms with Gasteiger partial charge in [-0.3, -0.25) is 0 Å².